The van der Waals surface area contributed by atoms with Crippen LogP contribution in [-0.2, 0) is 19.3 Å². The van der Waals surface area contributed by atoms with E-state index in [0.29, 0.717) is 12.1 Å². The molecule has 2 atom stereocenters. The van der Waals surface area contributed by atoms with Crippen LogP contribution < -0.4 is 5.32 Å². The zero-order valence-electron chi connectivity index (χ0n) is 11.4. The van der Waals surface area contributed by atoms with Crippen LogP contribution >= 0.6 is 11.6 Å². The standard InChI is InChI=1S/C18H18ClN/c19-15-7-5-13-10-16(11-14(13)9-15)20-18-8-6-12-3-1-2-4-17(12)18/h1-5,7,9,16,18,20H,6,8,10-11H2. The van der Waals surface area contributed by atoms with Gasteiger partial charge in [0.25, 0.3) is 0 Å². The minimum Gasteiger partial charge on any atom is -0.306 e. The van der Waals surface area contributed by atoms with Gasteiger partial charge >= 0.3 is 0 Å². The van der Waals surface area contributed by atoms with Crippen LogP contribution in [0.3, 0.4) is 0 Å². The van der Waals surface area contributed by atoms with Crippen molar-refractivity contribution in [3.05, 3.63) is 69.7 Å². The zero-order chi connectivity index (χ0) is 13.5. The molecule has 2 aliphatic rings. The van der Waals surface area contributed by atoms with Crippen molar-refractivity contribution in [3.8, 4) is 0 Å². The summed E-state index contributed by atoms with van der Waals surface area (Å²) in [7, 11) is 0. The molecule has 1 N–H and O–H groups in total. The highest BCUT2D eigenvalue weighted by Gasteiger charge is 2.27. The lowest BCUT2D eigenvalue weighted by atomic mass is 10.1. The molecule has 0 spiro atoms. The Morgan fingerprint density at radius 1 is 0.950 bits per heavy atom. The third-order valence-electron chi connectivity index (χ3n) is 4.67. The lowest BCUT2D eigenvalue weighted by molar-refractivity contribution is 0.443. The van der Waals surface area contributed by atoms with Crippen molar-refractivity contribution in [1.29, 1.82) is 0 Å². The summed E-state index contributed by atoms with van der Waals surface area (Å²) in [5.41, 5.74) is 5.89. The smallest absolute Gasteiger partial charge is 0.0408 e. The monoisotopic (exact) mass is 283 g/mol. The zero-order valence-corrected chi connectivity index (χ0v) is 12.2. The number of hydrogen-bond donors (Lipinski definition) is 1. The van der Waals surface area contributed by atoms with Crippen LogP contribution in [0.15, 0.2) is 42.5 Å². The first-order valence-corrected chi connectivity index (χ1v) is 7.78. The topological polar surface area (TPSA) is 12.0 Å². The van der Waals surface area contributed by atoms with Crippen LogP contribution in [0.2, 0.25) is 5.02 Å². The molecule has 102 valence electrons. The van der Waals surface area contributed by atoms with Crippen LogP contribution in [0.4, 0.5) is 0 Å². The Labute approximate surface area is 125 Å². The molecular formula is C18H18ClN. The van der Waals surface area contributed by atoms with Crippen molar-refractivity contribution in [1.82, 2.24) is 5.32 Å². The normalized spacial score (nSPS) is 23.6. The summed E-state index contributed by atoms with van der Waals surface area (Å²) < 4.78 is 0. The van der Waals surface area contributed by atoms with Crippen molar-refractivity contribution < 1.29 is 0 Å². The molecule has 0 aliphatic heterocycles. The molecule has 0 bridgehead atoms. The molecule has 4 rings (SSSR count). The van der Waals surface area contributed by atoms with E-state index in [2.05, 4.69) is 41.7 Å². The van der Waals surface area contributed by atoms with Crippen molar-refractivity contribution >= 4 is 11.6 Å². The summed E-state index contributed by atoms with van der Waals surface area (Å²) in [6.45, 7) is 0. The van der Waals surface area contributed by atoms with Gasteiger partial charge in [-0.25, -0.2) is 0 Å². The van der Waals surface area contributed by atoms with Gasteiger partial charge < -0.3 is 5.32 Å². The number of fused-ring (bicyclic) bond motifs is 2. The summed E-state index contributed by atoms with van der Waals surface area (Å²) >= 11 is 6.09. The number of rotatable bonds is 2. The second kappa shape index (κ2) is 4.91. The number of aryl methyl sites for hydroxylation is 1. The van der Waals surface area contributed by atoms with Gasteiger partial charge in [0.15, 0.2) is 0 Å². The van der Waals surface area contributed by atoms with Gasteiger partial charge in [0, 0.05) is 17.1 Å². The van der Waals surface area contributed by atoms with Gasteiger partial charge in [0.05, 0.1) is 0 Å². The van der Waals surface area contributed by atoms with E-state index in [1.807, 2.05) is 6.07 Å². The second-order valence-corrected chi connectivity index (χ2v) is 6.41. The lowest BCUT2D eigenvalue weighted by Gasteiger charge is -2.19. The highest BCUT2D eigenvalue weighted by Crippen LogP contribution is 2.33. The van der Waals surface area contributed by atoms with Crippen LogP contribution in [0, 0.1) is 0 Å². The van der Waals surface area contributed by atoms with Gasteiger partial charge in [-0.15, -0.1) is 0 Å². The van der Waals surface area contributed by atoms with E-state index in [4.69, 9.17) is 11.6 Å². The molecule has 2 heteroatoms. The predicted molar refractivity (Wildman–Crippen MR) is 83.3 cm³/mol. The summed E-state index contributed by atoms with van der Waals surface area (Å²) in [5, 5.41) is 4.71. The second-order valence-electron chi connectivity index (χ2n) is 5.97. The Morgan fingerprint density at radius 3 is 2.75 bits per heavy atom. The summed E-state index contributed by atoms with van der Waals surface area (Å²) in [5.74, 6) is 0. The summed E-state index contributed by atoms with van der Waals surface area (Å²) in [4.78, 5) is 0. The van der Waals surface area contributed by atoms with Gasteiger partial charge in [-0.1, -0.05) is 41.9 Å². The van der Waals surface area contributed by atoms with Crippen LogP contribution in [0.25, 0.3) is 0 Å². The average molecular weight is 284 g/mol. The fourth-order valence-electron chi connectivity index (χ4n) is 3.72. The Kier molecular flexibility index (Phi) is 3.05. The molecule has 0 aromatic heterocycles. The van der Waals surface area contributed by atoms with Gasteiger partial charge in [-0.05, 0) is 60.1 Å². The molecule has 0 amide bonds. The largest absolute Gasteiger partial charge is 0.306 e. The maximum atomic E-state index is 6.09. The molecule has 2 unspecified atom stereocenters. The Bertz CT molecular complexity index is 650. The van der Waals surface area contributed by atoms with E-state index in [1.54, 1.807) is 0 Å². The number of benzene rings is 2. The van der Waals surface area contributed by atoms with E-state index in [-0.39, 0.29) is 0 Å². The van der Waals surface area contributed by atoms with Gasteiger partial charge in [0.2, 0.25) is 0 Å². The number of hydrogen-bond acceptors (Lipinski definition) is 1. The first-order valence-electron chi connectivity index (χ1n) is 7.41. The van der Waals surface area contributed by atoms with Crippen molar-refractivity contribution in [3.63, 3.8) is 0 Å². The highest BCUT2D eigenvalue weighted by atomic mass is 35.5. The van der Waals surface area contributed by atoms with Crippen molar-refractivity contribution in [2.24, 2.45) is 0 Å². The third-order valence-corrected chi connectivity index (χ3v) is 4.91. The van der Waals surface area contributed by atoms with E-state index in [9.17, 15) is 0 Å². The quantitative estimate of drug-likeness (QED) is 0.875. The average Bonchev–Trinajstić information content (AvgIpc) is 3.03. The Hall–Kier alpha value is -1.31. The predicted octanol–water partition coefficient (Wildman–Crippen LogP) is 4.08. The Morgan fingerprint density at radius 2 is 1.80 bits per heavy atom. The lowest BCUT2D eigenvalue weighted by Crippen LogP contribution is -2.32. The minimum atomic E-state index is 0.529. The molecule has 0 saturated carbocycles. The first-order chi connectivity index (χ1) is 9.79. The minimum absolute atomic E-state index is 0.529. The van der Waals surface area contributed by atoms with Gasteiger partial charge in [0.1, 0.15) is 0 Å². The van der Waals surface area contributed by atoms with E-state index < -0.39 is 0 Å². The maximum absolute atomic E-state index is 6.09. The third kappa shape index (κ3) is 2.15. The Balaban J connectivity index is 1.50. The summed E-state index contributed by atoms with van der Waals surface area (Å²) in [6.07, 6.45) is 4.67. The highest BCUT2D eigenvalue weighted by molar-refractivity contribution is 6.30. The molecule has 0 heterocycles. The van der Waals surface area contributed by atoms with Gasteiger partial charge in [-0.2, -0.15) is 0 Å². The molecule has 0 fully saturated rings. The van der Waals surface area contributed by atoms with Crippen LogP contribution in [0.5, 0.6) is 0 Å². The molecule has 0 radical (unpaired) electrons. The van der Waals surface area contributed by atoms with Gasteiger partial charge in [-0.3, -0.25) is 0 Å². The SMILES string of the molecule is Clc1ccc2c(c1)CC(NC1CCc3ccccc31)C2. The van der Waals surface area contributed by atoms with Crippen molar-refractivity contribution in [2.75, 3.05) is 0 Å². The van der Waals surface area contributed by atoms with E-state index in [0.717, 1.165) is 17.9 Å². The maximum Gasteiger partial charge on any atom is 0.0408 e. The molecule has 20 heavy (non-hydrogen) atoms. The summed E-state index contributed by atoms with van der Waals surface area (Å²) in [6, 6.07) is 16.2. The molecule has 2 aromatic rings. The van der Waals surface area contributed by atoms with Crippen LogP contribution in [0.1, 0.15) is 34.7 Å². The molecule has 2 aromatic carbocycles. The fourth-order valence-corrected chi connectivity index (χ4v) is 3.91. The van der Waals surface area contributed by atoms with E-state index in [1.165, 1.54) is 35.1 Å². The number of nitrogens with one attached hydrogen (secondary N) is 1. The molecule has 2 aliphatic carbocycles. The number of halogens is 1. The first kappa shape index (κ1) is 12.4. The van der Waals surface area contributed by atoms with Crippen LogP contribution in [-0.4, -0.2) is 6.04 Å². The fraction of sp³-hybridized carbons (Fsp3) is 0.333. The van der Waals surface area contributed by atoms with E-state index >= 15 is 0 Å². The molecular weight excluding hydrogens is 266 g/mol. The molecule has 0 saturated heterocycles. The van der Waals surface area contributed by atoms with Crippen molar-refractivity contribution in [2.45, 2.75) is 37.8 Å². The molecule has 1 nitrogen and oxygen atoms in total.